The highest BCUT2D eigenvalue weighted by Gasteiger charge is 2.06. The Labute approximate surface area is 125 Å². The number of benzene rings is 2. The molecule has 110 valence electrons. The molecule has 5 heteroatoms. The van der Waals surface area contributed by atoms with Crippen LogP contribution in [0.4, 0.5) is 4.39 Å². The van der Waals surface area contributed by atoms with E-state index in [0.29, 0.717) is 23.4 Å². The maximum absolute atomic E-state index is 13.0. The van der Waals surface area contributed by atoms with Crippen LogP contribution in [0.3, 0.4) is 0 Å². The van der Waals surface area contributed by atoms with Gasteiger partial charge in [0.05, 0.1) is 0 Å². The number of carbonyl (C=O) groups is 1. The molecule has 0 saturated heterocycles. The molecule has 0 fully saturated rings. The van der Waals surface area contributed by atoms with E-state index in [0.717, 1.165) is 5.56 Å². The van der Waals surface area contributed by atoms with Crippen LogP contribution < -0.4 is 5.32 Å². The molecular formula is C16H16FNO2S. The summed E-state index contributed by atoms with van der Waals surface area (Å²) in [6.07, 6.45) is 2.16. The summed E-state index contributed by atoms with van der Waals surface area (Å²) in [7, 11) is -1.05. The zero-order valence-corrected chi connectivity index (χ0v) is 12.5. The molecule has 0 bridgehead atoms. The summed E-state index contributed by atoms with van der Waals surface area (Å²) in [5.74, 6) is -0.471. The Hall–Kier alpha value is -2.01. The van der Waals surface area contributed by atoms with Crippen LogP contribution >= 0.6 is 0 Å². The van der Waals surface area contributed by atoms with Crippen LogP contribution in [0.5, 0.6) is 0 Å². The van der Waals surface area contributed by atoms with Crippen molar-refractivity contribution in [2.75, 3.05) is 12.8 Å². The van der Waals surface area contributed by atoms with Crippen molar-refractivity contribution >= 4 is 16.7 Å². The fraction of sp³-hybridized carbons (Fsp3) is 0.188. The largest absolute Gasteiger partial charge is 0.352 e. The van der Waals surface area contributed by atoms with Gasteiger partial charge in [-0.2, -0.15) is 0 Å². The fourth-order valence-corrected chi connectivity index (χ4v) is 2.43. The average Bonchev–Trinajstić information content (AvgIpc) is 2.47. The van der Waals surface area contributed by atoms with Gasteiger partial charge in [0.15, 0.2) is 0 Å². The predicted octanol–water partition coefficient (Wildman–Crippen LogP) is 2.54. The average molecular weight is 305 g/mol. The molecule has 1 N–H and O–H groups in total. The summed E-state index contributed by atoms with van der Waals surface area (Å²) in [6.45, 7) is 0.434. The summed E-state index contributed by atoms with van der Waals surface area (Å²) in [5, 5.41) is 2.78. The number of carbonyl (C=O) groups excluding carboxylic acids is 1. The topological polar surface area (TPSA) is 46.2 Å². The lowest BCUT2D eigenvalue weighted by molar-refractivity contribution is 0.0954. The molecule has 0 aliphatic rings. The van der Waals surface area contributed by atoms with Crippen LogP contribution in [0.2, 0.25) is 0 Å². The Morgan fingerprint density at radius 2 is 1.90 bits per heavy atom. The highest BCUT2D eigenvalue weighted by Crippen LogP contribution is 2.08. The van der Waals surface area contributed by atoms with E-state index in [9.17, 15) is 13.4 Å². The predicted molar refractivity (Wildman–Crippen MR) is 81.2 cm³/mol. The first-order chi connectivity index (χ1) is 10.1. The van der Waals surface area contributed by atoms with Gasteiger partial charge in [-0.15, -0.1) is 0 Å². The van der Waals surface area contributed by atoms with Gasteiger partial charge in [-0.05, 0) is 48.4 Å². The highest BCUT2D eigenvalue weighted by molar-refractivity contribution is 7.84. The van der Waals surface area contributed by atoms with E-state index >= 15 is 0 Å². The molecule has 0 spiro atoms. The van der Waals surface area contributed by atoms with Crippen LogP contribution in [0.15, 0.2) is 53.4 Å². The molecular weight excluding hydrogens is 289 g/mol. The molecule has 2 rings (SSSR count). The van der Waals surface area contributed by atoms with Crippen LogP contribution in [0.1, 0.15) is 15.9 Å². The third-order valence-corrected chi connectivity index (χ3v) is 3.97. The Bertz CT molecular complexity index is 656. The number of halogens is 1. The second-order valence-corrected chi connectivity index (χ2v) is 5.99. The van der Waals surface area contributed by atoms with Crippen molar-refractivity contribution < 1.29 is 13.4 Å². The van der Waals surface area contributed by atoms with E-state index in [1.54, 1.807) is 36.6 Å². The first-order valence-corrected chi connectivity index (χ1v) is 8.08. The SMILES string of the molecule is CS(=O)c1ccc(C(=O)NCCc2cccc(F)c2)cc1. The second-order valence-electron chi connectivity index (χ2n) is 4.61. The first kappa shape index (κ1) is 15.4. The fourth-order valence-electron chi connectivity index (χ4n) is 1.91. The van der Waals surface area contributed by atoms with Crippen molar-refractivity contribution in [3.63, 3.8) is 0 Å². The third-order valence-electron chi connectivity index (χ3n) is 3.04. The Kier molecular flexibility index (Phi) is 5.22. The minimum Gasteiger partial charge on any atom is -0.352 e. The molecule has 1 unspecified atom stereocenters. The van der Waals surface area contributed by atoms with Crippen LogP contribution in [0.25, 0.3) is 0 Å². The molecule has 2 aromatic rings. The van der Waals surface area contributed by atoms with Gasteiger partial charge in [0.2, 0.25) is 0 Å². The number of hydrogen-bond donors (Lipinski definition) is 1. The standard InChI is InChI=1S/C16H16FNO2S/c1-21(20)15-7-5-13(6-8-15)16(19)18-10-9-12-3-2-4-14(17)11-12/h2-8,11H,9-10H2,1H3,(H,18,19). The molecule has 0 saturated carbocycles. The molecule has 0 aliphatic carbocycles. The molecule has 0 aromatic heterocycles. The zero-order chi connectivity index (χ0) is 15.2. The van der Waals surface area contributed by atoms with E-state index in [-0.39, 0.29) is 11.7 Å². The van der Waals surface area contributed by atoms with Crippen molar-refractivity contribution in [1.29, 1.82) is 0 Å². The molecule has 2 aromatic carbocycles. The van der Waals surface area contributed by atoms with Crippen LogP contribution in [-0.2, 0) is 17.2 Å². The van der Waals surface area contributed by atoms with Gasteiger partial charge in [0.1, 0.15) is 5.82 Å². The van der Waals surface area contributed by atoms with Crippen molar-refractivity contribution in [3.8, 4) is 0 Å². The lowest BCUT2D eigenvalue weighted by Crippen LogP contribution is -2.25. The molecule has 1 atom stereocenters. The van der Waals surface area contributed by atoms with E-state index in [4.69, 9.17) is 0 Å². The van der Waals surface area contributed by atoms with Gasteiger partial charge < -0.3 is 5.32 Å². The van der Waals surface area contributed by atoms with Gasteiger partial charge in [0, 0.05) is 34.1 Å². The first-order valence-electron chi connectivity index (χ1n) is 6.52. The van der Waals surface area contributed by atoms with Crippen molar-refractivity contribution in [2.24, 2.45) is 0 Å². The van der Waals surface area contributed by atoms with Gasteiger partial charge in [0.25, 0.3) is 5.91 Å². The Balaban J connectivity index is 1.88. The number of rotatable bonds is 5. The number of nitrogens with one attached hydrogen (secondary N) is 1. The molecule has 3 nitrogen and oxygen atoms in total. The molecule has 21 heavy (non-hydrogen) atoms. The minimum absolute atomic E-state index is 0.195. The van der Waals surface area contributed by atoms with Crippen LogP contribution in [0, 0.1) is 5.82 Å². The van der Waals surface area contributed by atoms with Gasteiger partial charge in [-0.1, -0.05) is 12.1 Å². The molecule has 0 radical (unpaired) electrons. The molecule has 1 amide bonds. The Morgan fingerprint density at radius 1 is 1.19 bits per heavy atom. The van der Waals surface area contributed by atoms with Crippen molar-refractivity contribution in [1.82, 2.24) is 5.32 Å². The lowest BCUT2D eigenvalue weighted by atomic mass is 10.1. The summed E-state index contributed by atoms with van der Waals surface area (Å²) >= 11 is 0. The van der Waals surface area contributed by atoms with Gasteiger partial charge in [-0.3, -0.25) is 9.00 Å². The lowest BCUT2D eigenvalue weighted by Gasteiger charge is -2.06. The molecule has 0 heterocycles. The summed E-state index contributed by atoms with van der Waals surface area (Å²) in [5.41, 5.74) is 1.36. The number of amides is 1. The van der Waals surface area contributed by atoms with Crippen LogP contribution in [-0.4, -0.2) is 22.9 Å². The minimum atomic E-state index is -1.05. The zero-order valence-electron chi connectivity index (χ0n) is 11.6. The smallest absolute Gasteiger partial charge is 0.251 e. The summed E-state index contributed by atoms with van der Waals surface area (Å²) in [4.78, 5) is 12.6. The van der Waals surface area contributed by atoms with E-state index in [2.05, 4.69) is 5.32 Å². The normalized spacial score (nSPS) is 11.9. The van der Waals surface area contributed by atoms with E-state index in [1.165, 1.54) is 12.1 Å². The third kappa shape index (κ3) is 4.49. The van der Waals surface area contributed by atoms with Crippen molar-refractivity contribution in [2.45, 2.75) is 11.3 Å². The maximum Gasteiger partial charge on any atom is 0.251 e. The summed E-state index contributed by atoms with van der Waals surface area (Å²) in [6, 6.07) is 13.0. The van der Waals surface area contributed by atoms with Gasteiger partial charge in [-0.25, -0.2) is 4.39 Å². The molecule has 0 aliphatic heterocycles. The van der Waals surface area contributed by atoms with Gasteiger partial charge >= 0.3 is 0 Å². The quantitative estimate of drug-likeness (QED) is 0.922. The second kappa shape index (κ2) is 7.13. The number of hydrogen-bond acceptors (Lipinski definition) is 2. The van der Waals surface area contributed by atoms with Crippen molar-refractivity contribution in [3.05, 3.63) is 65.5 Å². The van der Waals surface area contributed by atoms with E-state index in [1.807, 2.05) is 6.07 Å². The monoisotopic (exact) mass is 305 g/mol. The maximum atomic E-state index is 13.0. The highest BCUT2D eigenvalue weighted by atomic mass is 32.2. The van der Waals surface area contributed by atoms with E-state index < -0.39 is 10.8 Å². The Morgan fingerprint density at radius 3 is 2.52 bits per heavy atom. The summed E-state index contributed by atoms with van der Waals surface area (Å²) < 4.78 is 24.3.